The summed E-state index contributed by atoms with van der Waals surface area (Å²) in [6.45, 7) is 2.35. The van der Waals surface area contributed by atoms with E-state index >= 15 is 0 Å². The Morgan fingerprint density at radius 3 is 2.72 bits per heavy atom. The maximum Gasteiger partial charge on any atom is 0.221 e. The zero-order valence-electron chi connectivity index (χ0n) is 18.4. The van der Waals surface area contributed by atoms with Crippen LogP contribution in [0.15, 0.2) is 48.5 Å². The van der Waals surface area contributed by atoms with Crippen molar-refractivity contribution < 1.29 is 9.53 Å². The van der Waals surface area contributed by atoms with Gasteiger partial charge in [-0.2, -0.15) is 0 Å². The van der Waals surface area contributed by atoms with Crippen molar-refractivity contribution >= 4 is 34.2 Å². The molecular weight excluding hydrogens is 424 g/mol. The maximum absolute atomic E-state index is 12.4. The lowest BCUT2D eigenvalue weighted by Gasteiger charge is -2.25. The van der Waals surface area contributed by atoms with Gasteiger partial charge in [0.1, 0.15) is 11.6 Å². The maximum atomic E-state index is 12.4. The van der Waals surface area contributed by atoms with E-state index in [-0.39, 0.29) is 5.91 Å². The number of carbonyl (C=O) groups is 1. The number of ether oxygens (including phenoxy) is 1. The number of anilines is 1. The van der Waals surface area contributed by atoms with E-state index in [0.717, 1.165) is 48.4 Å². The number of rotatable bonds is 11. The van der Waals surface area contributed by atoms with Gasteiger partial charge >= 0.3 is 0 Å². The molecule has 0 bridgehead atoms. The average Bonchev–Trinajstić information content (AvgIpc) is 3.65. The second-order valence-electron chi connectivity index (χ2n) is 8.16. The fraction of sp³-hybridized carbons (Fsp3) is 0.400. The van der Waals surface area contributed by atoms with Crippen molar-refractivity contribution in [2.24, 2.45) is 0 Å². The summed E-state index contributed by atoms with van der Waals surface area (Å²) in [6, 6.07) is 16.1. The van der Waals surface area contributed by atoms with E-state index in [1.807, 2.05) is 24.3 Å². The number of nitrogens with zero attached hydrogens (tertiary/aromatic N) is 3. The van der Waals surface area contributed by atoms with Crippen molar-refractivity contribution in [2.75, 3.05) is 38.3 Å². The molecule has 1 aromatic heterocycles. The molecule has 1 amide bonds. The number of methoxy groups -OCH3 is 1. The van der Waals surface area contributed by atoms with Gasteiger partial charge in [0.05, 0.1) is 12.1 Å². The summed E-state index contributed by atoms with van der Waals surface area (Å²) in [4.78, 5) is 24.4. The smallest absolute Gasteiger partial charge is 0.221 e. The molecule has 6 nitrogen and oxygen atoms in total. The highest BCUT2D eigenvalue weighted by Crippen LogP contribution is 2.40. The number of amides is 1. The molecule has 32 heavy (non-hydrogen) atoms. The average molecular weight is 453 g/mol. The SMILES string of the molecule is COCCNC(=O)CCN(CCc1ccccc1)c1nc(C2CC2)nc2cc(Cl)ccc12. The van der Waals surface area contributed by atoms with Crippen LogP contribution in [0, 0.1) is 0 Å². The zero-order chi connectivity index (χ0) is 22.3. The molecule has 0 aliphatic heterocycles. The minimum Gasteiger partial charge on any atom is -0.383 e. The van der Waals surface area contributed by atoms with Gasteiger partial charge in [0.2, 0.25) is 5.91 Å². The summed E-state index contributed by atoms with van der Waals surface area (Å²) >= 11 is 6.27. The number of hydrogen-bond donors (Lipinski definition) is 1. The van der Waals surface area contributed by atoms with Crippen molar-refractivity contribution in [3.05, 3.63) is 64.9 Å². The largest absolute Gasteiger partial charge is 0.383 e. The summed E-state index contributed by atoms with van der Waals surface area (Å²) in [6.07, 6.45) is 3.50. The van der Waals surface area contributed by atoms with E-state index in [1.165, 1.54) is 5.56 Å². The van der Waals surface area contributed by atoms with Crippen LogP contribution in [-0.4, -0.2) is 49.2 Å². The van der Waals surface area contributed by atoms with Crippen molar-refractivity contribution in [3.8, 4) is 0 Å². The highest BCUT2D eigenvalue weighted by Gasteiger charge is 2.28. The Kier molecular flexibility index (Phi) is 7.55. The van der Waals surface area contributed by atoms with E-state index in [0.29, 0.717) is 37.1 Å². The molecule has 1 fully saturated rings. The summed E-state index contributed by atoms with van der Waals surface area (Å²) in [5, 5.41) is 4.54. The van der Waals surface area contributed by atoms with E-state index in [2.05, 4.69) is 34.5 Å². The molecule has 0 atom stereocenters. The third-order valence-electron chi connectivity index (χ3n) is 5.65. The second-order valence-corrected chi connectivity index (χ2v) is 8.59. The van der Waals surface area contributed by atoms with E-state index in [1.54, 1.807) is 7.11 Å². The number of fused-ring (bicyclic) bond motifs is 1. The molecule has 0 saturated heterocycles. The molecule has 1 heterocycles. The molecular formula is C25H29ClN4O2. The van der Waals surface area contributed by atoms with Crippen molar-refractivity contribution in [3.63, 3.8) is 0 Å². The highest BCUT2D eigenvalue weighted by molar-refractivity contribution is 6.31. The van der Waals surface area contributed by atoms with Crippen LogP contribution >= 0.6 is 11.6 Å². The predicted octanol–water partition coefficient (Wildman–Crippen LogP) is 4.36. The predicted molar refractivity (Wildman–Crippen MR) is 128 cm³/mol. The van der Waals surface area contributed by atoms with Gasteiger partial charge in [-0.15, -0.1) is 0 Å². The van der Waals surface area contributed by atoms with Gasteiger partial charge in [-0.25, -0.2) is 9.97 Å². The molecule has 1 saturated carbocycles. The van der Waals surface area contributed by atoms with Crippen LogP contribution in [0.5, 0.6) is 0 Å². The fourth-order valence-electron chi connectivity index (χ4n) is 3.72. The first-order valence-electron chi connectivity index (χ1n) is 11.2. The Bertz CT molecular complexity index is 1060. The van der Waals surface area contributed by atoms with Gasteiger partial charge in [-0.3, -0.25) is 4.79 Å². The number of nitrogens with one attached hydrogen (secondary N) is 1. The van der Waals surface area contributed by atoms with E-state index in [9.17, 15) is 4.79 Å². The Morgan fingerprint density at radius 1 is 1.16 bits per heavy atom. The summed E-state index contributed by atoms with van der Waals surface area (Å²) in [5.41, 5.74) is 2.12. The Morgan fingerprint density at radius 2 is 1.97 bits per heavy atom. The molecule has 3 aromatic rings. The second kappa shape index (κ2) is 10.7. The summed E-state index contributed by atoms with van der Waals surface area (Å²) in [5.74, 6) is 2.19. The number of carbonyl (C=O) groups excluding carboxylic acids is 1. The topological polar surface area (TPSA) is 67.3 Å². The summed E-state index contributed by atoms with van der Waals surface area (Å²) in [7, 11) is 1.63. The fourth-order valence-corrected chi connectivity index (χ4v) is 3.88. The van der Waals surface area contributed by atoms with Crippen LogP contribution in [0.2, 0.25) is 5.02 Å². The highest BCUT2D eigenvalue weighted by atomic mass is 35.5. The van der Waals surface area contributed by atoms with Gasteiger partial charge in [-0.05, 0) is 43.0 Å². The monoisotopic (exact) mass is 452 g/mol. The number of benzene rings is 2. The van der Waals surface area contributed by atoms with Crippen molar-refractivity contribution in [2.45, 2.75) is 31.6 Å². The van der Waals surface area contributed by atoms with E-state index in [4.69, 9.17) is 26.3 Å². The quantitative estimate of drug-likeness (QED) is 0.438. The normalized spacial score (nSPS) is 13.3. The molecule has 7 heteroatoms. The molecule has 0 unspecified atom stereocenters. The third kappa shape index (κ3) is 5.96. The molecule has 168 valence electrons. The van der Waals surface area contributed by atoms with Crippen LogP contribution in [-0.2, 0) is 16.0 Å². The minimum absolute atomic E-state index is 0.00980. The van der Waals surface area contributed by atoms with E-state index < -0.39 is 0 Å². The lowest BCUT2D eigenvalue weighted by atomic mass is 10.1. The van der Waals surface area contributed by atoms with Crippen LogP contribution in [0.25, 0.3) is 10.9 Å². The van der Waals surface area contributed by atoms with Gasteiger partial charge in [-0.1, -0.05) is 41.9 Å². The lowest BCUT2D eigenvalue weighted by molar-refractivity contribution is -0.121. The first-order valence-corrected chi connectivity index (χ1v) is 11.5. The number of halogens is 1. The van der Waals surface area contributed by atoms with Gasteiger partial charge in [0.25, 0.3) is 0 Å². The zero-order valence-corrected chi connectivity index (χ0v) is 19.1. The third-order valence-corrected chi connectivity index (χ3v) is 5.88. The Labute approximate surface area is 194 Å². The van der Waals surface area contributed by atoms with Crippen LogP contribution in [0.4, 0.5) is 5.82 Å². The van der Waals surface area contributed by atoms with Crippen molar-refractivity contribution in [1.82, 2.24) is 15.3 Å². The van der Waals surface area contributed by atoms with Gasteiger partial charge in [0, 0.05) is 49.5 Å². The standard InChI is InChI=1S/C25H29ClN4O2/c1-32-16-13-27-23(31)12-15-30(14-11-18-5-3-2-4-6-18)25-21-10-9-20(26)17-22(21)28-24(29-25)19-7-8-19/h2-6,9-10,17,19H,7-8,11-16H2,1H3,(H,27,31). The van der Waals surface area contributed by atoms with Gasteiger partial charge < -0.3 is 15.0 Å². The number of aromatic nitrogens is 2. The molecule has 4 rings (SSSR count). The lowest BCUT2D eigenvalue weighted by Crippen LogP contribution is -2.34. The summed E-state index contributed by atoms with van der Waals surface area (Å²) < 4.78 is 5.02. The minimum atomic E-state index is 0.00980. The molecule has 1 N–H and O–H groups in total. The van der Waals surface area contributed by atoms with Crippen LogP contribution in [0.1, 0.15) is 36.6 Å². The molecule has 0 spiro atoms. The molecule has 2 aromatic carbocycles. The first-order chi connectivity index (χ1) is 15.6. The first kappa shape index (κ1) is 22.5. The molecule has 0 radical (unpaired) electrons. The van der Waals surface area contributed by atoms with Crippen molar-refractivity contribution in [1.29, 1.82) is 0 Å². The Hall–Kier alpha value is -2.70. The molecule has 1 aliphatic rings. The molecule has 1 aliphatic carbocycles. The number of hydrogen-bond acceptors (Lipinski definition) is 5. The van der Waals surface area contributed by atoms with Crippen LogP contribution < -0.4 is 10.2 Å². The van der Waals surface area contributed by atoms with Crippen LogP contribution in [0.3, 0.4) is 0 Å². The Balaban J connectivity index is 1.60. The van der Waals surface area contributed by atoms with Gasteiger partial charge in [0.15, 0.2) is 0 Å².